The molecule has 1 unspecified atom stereocenters. The summed E-state index contributed by atoms with van der Waals surface area (Å²) in [6, 6.07) is 23.4. The summed E-state index contributed by atoms with van der Waals surface area (Å²) < 4.78 is 34.4. The highest BCUT2D eigenvalue weighted by Crippen LogP contribution is 2.55. The highest BCUT2D eigenvalue weighted by Gasteiger charge is 2.66. The van der Waals surface area contributed by atoms with E-state index in [9.17, 15) is 18.4 Å². The predicted molar refractivity (Wildman–Crippen MR) is 175 cm³/mol. The number of benzene rings is 4. The van der Waals surface area contributed by atoms with Crippen LogP contribution >= 0.6 is 34.7 Å². The van der Waals surface area contributed by atoms with E-state index >= 15 is 4.79 Å². The lowest BCUT2D eigenvalue weighted by Gasteiger charge is -2.32. The number of carbonyl (C=O) groups is 2. The van der Waals surface area contributed by atoms with Gasteiger partial charge >= 0.3 is 0 Å². The molecule has 4 heterocycles. The van der Waals surface area contributed by atoms with Crippen LogP contribution in [0.3, 0.4) is 0 Å². The van der Waals surface area contributed by atoms with Gasteiger partial charge in [0.1, 0.15) is 17.2 Å². The Kier molecular flexibility index (Phi) is 6.97. The maximum atomic E-state index is 15.0. The van der Waals surface area contributed by atoms with Crippen molar-refractivity contribution < 1.29 is 22.8 Å². The minimum absolute atomic E-state index is 0.00468. The number of hydrogen-bond acceptors (Lipinski definition) is 8. The van der Waals surface area contributed by atoms with Gasteiger partial charge in [-0.2, -0.15) is 0 Å². The van der Waals surface area contributed by atoms with Gasteiger partial charge in [-0.05, 0) is 59.7 Å². The van der Waals surface area contributed by atoms with Crippen molar-refractivity contribution in [3.05, 3.63) is 146 Å². The number of carbonyl (C=O) groups excluding carboxylic acids is 2. The van der Waals surface area contributed by atoms with Gasteiger partial charge in [0.2, 0.25) is 10.9 Å². The number of rotatable bonds is 6. The fourth-order valence-electron chi connectivity index (χ4n) is 6.14. The van der Waals surface area contributed by atoms with Gasteiger partial charge < -0.3 is 9.32 Å². The fraction of sp³-hybridized carbons (Fsp3) is 0.0882. The zero-order valence-corrected chi connectivity index (χ0v) is 26.3. The Hall–Kier alpha value is -4.91. The summed E-state index contributed by atoms with van der Waals surface area (Å²) in [7, 11) is 0. The minimum atomic E-state index is -2.02. The summed E-state index contributed by atoms with van der Waals surface area (Å²) >= 11 is 8.50. The van der Waals surface area contributed by atoms with Crippen LogP contribution in [-0.4, -0.2) is 22.0 Å². The fourth-order valence-corrected chi connectivity index (χ4v) is 8.12. The highest BCUT2D eigenvalue weighted by molar-refractivity contribution is 8.00. The van der Waals surface area contributed by atoms with Crippen LogP contribution < -0.4 is 15.2 Å². The third kappa shape index (κ3) is 4.58. The molecule has 0 saturated heterocycles. The van der Waals surface area contributed by atoms with Crippen molar-refractivity contribution in [3.8, 4) is 0 Å². The Morgan fingerprint density at radius 2 is 1.60 bits per heavy atom. The van der Waals surface area contributed by atoms with Gasteiger partial charge in [0.25, 0.3) is 11.8 Å². The topological polar surface area (TPSA) is 96.6 Å². The first-order valence-corrected chi connectivity index (χ1v) is 16.4. The average molecular weight is 685 g/mol. The van der Waals surface area contributed by atoms with E-state index in [0.717, 1.165) is 34.6 Å². The molecule has 0 fully saturated rings. The van der Waals surface area contributed by atoms with E-state index in [1.807, 2.05) is 0 Å². The molecule has 1 spiro atoms. The molecule has 2 aliphatic rings. The van der Waals surface area contributed by atoms with Crippen molar-refractivity contribution in [2.75, 3.05) is 9.80 Å². The van der Waals surface area contributed by atoms with Crippen molar-refractivity contribution in [1.82, 2.24) is 10.2 Å². The van der Waals surface area contributed by atoms with Crippen LogP contribution in [0, 0.1) is 11.6 Å². The average Bonchev–Trinajstić information content (AvgIpc) is 3.71. The van der Waals surface area contributed by atoms with Gasteiger partial charge in [-0.3, -0.25) is 19.3 Å². The molecule has 2 amide bonds. The molecule has 2 aliphatic heterocycles. The zero-order valence-electron chi connectivity index (χ0n) is 23.9. The summed E-state index contributed by atoms with van der Waals surface area (Å²) in [6.07, 6.45) is 0. The predicted octanol–water partition coefficient (Wildman–Crippen LogP) is 7.32. The molecule has 0 bridgehead atoms. The molecule has 47 heavy (non-hydrogen) atoms. The summed E-state index contributed by atoms with van der Waals surface area (Å²) in [5.41, 5.74) is -0.484. The first-order valence-electron chi connectivity index (χ1n) is 14.2. The normalized spacial score (nSPS) is 16.8. The Balaban J connectivity index is 1.31. The van der Waals surface area contributed by atoms with Gasteiger partial charge in [0, 0.05) is 16.3 Å². The summed E-state index contributed by atoms with van der Waals surface area (Å²) in [4.78, 5) is 46.5. The van der Waals surface area contributed by atoms with Gasteiger partial charge in [-0.15, -0.1) is 10.2 Å². The molecule has 0 aliphatic carbocycles. The van der Waals surface area contributed by atoms with Crippen LogP contribution in [0.4, 0.5) is 19.6 Å². The van der Waals surface area contributed by atoms with Crippen LogP contribution in [-0.2, 0) is 22.6 Å². The molecule has 2 aromatic heterocycles. The number of amides is 2. The van der Waals surface area contributed by atoms with E-state index in [0.29, 0.717) is 26.4 Å². The maximum absolute atomic E-state index is 15.0. The number of hydrogen-bond donors (Lipinski definition) is 0. The van der Waals surface area contributed by atoms with Crippen LogP contribution in [0.15, 0.2) is 105 Å². The molecule has 6 aromatic rings. The second kappa shape index (κ2) is 11.1. The van der Waals surface area contributed by atoms with E-state index in [4.69, 9.17) is 16.0 Å². The van der Waals surface area contributed by atoms with Gasteiger partial charge in [-0.25, -0.2) is 8.78 Å². The monoisotopic (exact) mass is 684 g/mol. The van der Waals surface area contributed by atoms with Crippen LogP contribution in [0.2, 0.25) is 5.02 Å². The molecule has 1 atom stereocenters. The summed E-state index contributed by atoms with van der Waals surface area (Å²) in [5.74, 6) is -2.25. The van der Waals surface area contributed by atoms with Crippen LogP contribution in [0.1, 0.15) is 32.8 Å². The number of para-hydroxylation sites is 1. The number of anilines is 2. The van der Waals surface area contributed by atoms with E-state index in [-0.39, 0.29) is 39.8 Å². The number of nitrogens with zero attached hydrogens (tertiary/aromatic N) is 4. The number of aromatic nitrogens is 2. The molecule has 4 aromatic carbocycles. The maximum Gasteiger partial charge on any atom is 0.297 e. The lowest BCUT2D eigenvalue weighted by atomic mass is 9.84. The minimum Gasteiger partial charge on any atom is -0.450 e. The van der Waals surface area contributed by atoms with E-state index in [1.165, 1.54) is 39.8 Å². The first-order chi connectivity index (χ1) is 22.8. The molecular weight excluding hydrogens is 666 g/mol. The Morgan fingerprint density at radius 3 is 2.38 bits per heavy atom. The van der Waals surface area contributed by atoms with Crippen molar-refractivity contribution in [2.45, 2.75) is 22.2 Å². The van der Waals surface area contributed by atoms with Crippen molar-refractivity contribution in [2.24, 2.45) is 0 Å². The molecule has 8 rings (SSSR count). The standard InChI is InChI=1S/C34H19ClF2N4O4S2/c35-20-9-5-18(6-10-20)16-40-25-4-2-1-3-24(25)34(31(40)44)27-28(42)23-15-22(37)13-14-26(23)45-29(27)30(43)41(34)32-38-39-33(47-32)46-17-19-7-11-21(36)12-8-19/h1-15H,16-17H2. The van der Waals surface area contributed by atoms with Crippen molar-refractivity contribution in [1.29, 1.82) is 0 Å². The molecule has 0 radical (unpaired) electrons. The highest BCUT2D eigenvalue weighted by atomic mass is 35.5. The van der Waals surface area contributed by atoms with Gasteiger partial charge in [0.15, 0.2) is 15.3 Å². The lowest BCUT2D eigenvalue weighted by Crippen LogP contribution is -2.53. The number of fused-ring (bicyclic) bond motifs is 5. The van der Waals surface area contributed by atoms with Crippen LogP contribution in [0.5, 0.6) is 0 Å². The van der Waals surface area contributed by atoms with Gasteiger partial charge in [0.05, 0.1) is 23.2 Å². The van der Waals surface area contributed by atoms with E-state index in [2.05, 4.69) is 10.2 Å². The quantitative estimate of drug-likeness (QED) is 0.134. The summed E-state index contributed by atoms with van der Waals surface area (Å²) in [6.45, 7) is 0.106. The largest absolute Gasteiger partial charge is 0.450 e. The SMILES string of the molecule is O=C1c2oc3ccc(F)cc3c(=O)c2C2(C(=O)N(Cc3ccc(Cl)cc3)c3ccccc32)N1c1nnc(SCc2ccc(F)cc2)s1. The first kappa shape index (κ1) is 29.5. The molecule has 13 heteroatoms. The number of halogens is 3. The zero-order chi connectivity index (χ0) is 32.4. The molecule has 0 N–H and O–H groups in total. The molecule has 0 saturated carbocycles. The van der Waals surface area contributed by atoms with E-state index in [1.54, 1.807) is 60.7 Å². The molecule has 232 valence electrons. The Morgan fingerprint density at radius 1 is 0.872 bits per heavy atom. The second-order valence-electron chi connectivity index (χ2n) is 10.9. The second-order valence-corrected chi connectivity index (χ2v) is 13.5. The van der Waals surface area contributed by atoms with Crippen molar-refractivity contribution in [3.63, 3.8) is 0 Å². The smallest absolute Gasteiger partial charge is 0.297 e. The Bertz CT molecular complexity index is 2310. The molecular formula is C34H19ClF2N4O4S2. The van der Waals surface area contributed by atoms with Gasteiger partial charge in [-0.1, -0.05) is 77.2 Å². The third-order valence-corrected chi connectivity index (χ3v) is 10.6. The van der Waals surface area contributed by atoms with Crippen molar-refractivity contribution >= 4 is 68.3 Å². The molecule has 8 nitrogen and oxygen atoms in total. The van der Waals surface area contributed by atoms with E-state index < -0.39 is 28.6 Å². The lowest BCUT2D eigenvalue weighted by molar-refractivity contribution is -0.121. The summed E-state index contributed by atoms with van der Waals surface area (Å²) in [5, 5.41) is 9.09. The number of thioether (sulfide) groups is 1. The van der Waals surface area contributed by atoms with Crippen LogP contribution in [0.25, 0.3) is 11.0 Å². The third-order valence-electron chi connectivity index (χ3n) is 8.20. The Labute approximate surface area is 278 Å².